The number of anilines is 2. The van der Waals surface area contributed by atoms with Crippen LogP contribution in [0.4, 0.5) is 24.5 Å². The van der Waals surface area contributed by atoms with Crippen LogP contribution in [-0.4, -0.2) is 42.8 Å². The van der Waals surface area contributed by atoms with E-state index in [0.717, 1.165) is 36.8 Å². The lowest BCUT2D eigenvalue weighted by Gasteiger charge is -2.23. The minimum Gasteiger partial charge on any atom is -0.397 e. The van der Waals surface area contributed by atoms with Crippen molar-refractivity contribution in [1.29, 1.82) is 0 Å². The second-order valence-corrected chi connectivity index (χ2v) is 7.07. The van der Waals surface area contributed by atoms with Gasteiger partial charge in [0.25, 0.3) is 0 Å². The van der Waals surface area contributed by atoms with Gasteiger partial charge in [0.05, 0.1) is 17.9 Å². The van der Waals surface area contributed by atoms with E-state index in [1.165, 1.54) is 30.1 Å². The van der Waals surface area contributed by atoms with Crippen LogP contribution < -0.4 is 16.5 Å². The van der Waals surface area contributed by atoms with Crippen LogP contribution in [0.5, 0.6) is 0 Å². The van der Waals surface area contributed by atoms with Crippen molar-refractivity contribution < 1.29 is 22.8 Å². The number of hydroxylamine groups is 1. The summed E-state index contributed by atoms with van der Waals surface area (Å²) in [5.74, 6) is -0.153. The maximum absolute atomic E-state index is 12.8. The number of rotatable bonds is 9. The molecule has 0 unspecified atom stereocenters. The molecule has 0 saturated carbocycles. The van der Waals surface area contributed by atoms with Gasteiger partial charge >= 0.3 is 6.18 Å². The zero-order valence-corrected chi connectivity index (χ0v) is 18.6. The van der Waals surface area contributed by atoms with Crippen LogP contribution in [0, 0.1) is 0 Å². The molecular formula is C23H33F3N4O2. The van der Waals surface area contributed by atoms with Crippen molar-refractivity contribution in [2.24, 2.45) is 0 Å². The molecule has 178 valence electrons. The summed E-state index contributed by atoms with van der Waals surface area (Å²) in [6.45, 7) is 7.97. The summed E-state index contributed by atoms with van der Waals surface area (Å²) in [5, 5.41) is 3.24. The maximum Gasteiger partial charge on any atom is 0.414 e. The summed E-state index contributed by atoms with van der Waals surface area (Å²) in [6, 6.07) is 7.81. The molecule has 1 aromatic rings. The molecule has 1 saturated heterocycles. The second-order valence-electron chi connectivity index (χ2n) is 7.07. The van der Waals surface area contributed by atoms with E-state index in [1.54, 1.807) is 0 Å². The standard InChI is InChI=1S/C14H19F3N2O2.C9H14N2/c1-3-4-5-7-12(14(15,16)17)10-18-21-13-8-6-9-19(13)11(2)20;1-2-7-11-9-6-4-3-5-8(9)10/h3-5,7,13,18H,1,6,8-10H2,2H3;3-6,11H,2,7,10H2,1H3/b5-4-,12-7+;/t13-;/m1./s1. The summed E-state index contributed by atoms with van der Waals surface area (Å²) in [7, 11) is 0. The summed E-state index contributed by atoms with van der Waals surface area (Å²) in [4.78, 5) is 18.0. The third kappa shape index (κ3) is 10.0. The molecule has 32 heavy (non-hydrogen) atoms. The SMILES string of the molecule is C=C/C=C\C=C(/CNO[C@@H]1CCCN1C(C)=O)C(F)(F)F.CCCNc1ccccc1N. The van der Waals surface area contributed by atoms with Crippen LogP contribution in [0.2, 0.25) is 0 Å². The lowest BCUT2D eigenvalue weighted by Crippen LogP contribution is -2.39. The molecule has 0 aromatic heterocycles. The number of hydrogen-bond donors (Lipinski definition) is 3. The van der Waals surface area contributed by atoms with Crippen molar-refractivity contribution >= 4 is 17.3 Å². The van der Waals surface area contributed by atoms with Gasteiger partial charge in [0.15, 0.2) is 6.23 Å². The van der Waals surface area contributed by atoms with Gasteiger partial charge in [-0.15, -0.1) is 0 Å². The highest BCUT2D eigenvalue weighted by Crippen LogP contribution is 2.25. The number of nitrogen functional groups attached to an aromatic ring is 1. The van der Waals surface area contributed by atoms with Gasteiger partial charge < -0.3 is 16.0 Å². The molecule has 1 aliphatic rings. The molecule has 1 heterocycles. The number of benzene rings is 1. The van der Waals surface area contributed by atoms with Crippen molar-refractivity contribution in [2.45, 2.75) is 45.5 Å². The lowest BCUT2D eigenvalue weighted by molar-refractivity contribution is -0.148. The van der Waals surface area contributed by atoms with Gasteiger partial charge in [0, 0.05) is 25.6 Å². The number of carbonyl (C=O) groups excluding carboxylic acids is 1. The number of alkyl halides is 3. The third-order valence-corrected chi connectivity index (χ3v) is 4.52. The molecule has 4 N–H and O–H groups in total. The number of nitrogens with two attached hydrogens (primary N) is 1. The smallest absolute Gasteiger partial charge is 0.397 e. The number of carbonyl (C=O) groups is 1. The molecule has 1 aliphatic heterocycles. The number of hydrogen-bond acceptors (Lipinski definition) is 5. The Bertz CT molecular complexity index is 779. The average Bonchev–Trinajstić information content (AvgIpc) is 3.21. The van der Waals surface area contributed by atoms with Crippen LogP contribution >= 0.6 is 0 Å². The number of nitrogens with one attached hydrogen (secondary N) is 2. The van der Waals surface area contributed by atoms with E-state index in [4.69, 9.17) is 10.6 Å². The van der Waals surface area contributed by atoms with Gasteiger partial charge in [-0.05, 0) is 31.4 Å². The van der Waals surface area contributed by atoms with Crippen molar-refractivity contribution in [2.75, 3.05) is 30.7 Å². The largest absolute Gasteiger partial charge is 0.414 e. The number of likely N-dealkylation sites (tertiary alicyclic amines) is 1. The van der Waals surface area contributed by atoms with E-state index in [0.29, 0.717) is 13.0 Å². The predicted octanol–water partition coefficient (Wildman–Crippen LogP) is 4.80. The number of nitrogens with zero attached hydrogens (tertiary/aromatic N) is 1. The first-order valence-corrected chi connectivity index (χ1v) is 10.5. The van der Waals surface area contributed by atoms with Crippen LogP contribution in [-0.2, 0) is 9.63 Å². The topological polar surface area (TPSA) is 79.6 Å². The van der Waals surface area contributed by atoms with E-state index >= 15 is 0 Å². The molecule has 9 heteroatoms. The number of para-hydroxylation sites is 2. The van der Waals surface area contributed by atoms with Gasteiger partial charge in [-0.2, -0.15) is 18.7 Å². The molecule has 0 bridgehead atoms. The van der Waals surface area contributed by atoms with Gasteiger partial charge in [-0.25, -0.2) is 0 Å². The average molecular weight is 455 g/mol. The maximum atomic E-state index is 12.8. The molecule has 0 aliphatic carbocycles. The normalized spacial score (nSPS) is 16.6. The van der Waals surface area contributed by atoms with Crippen molar-refractivity contribution in [3.63, 3.8) is 0 Å². The Hall–Kier alpha value is -2.78. The Labute approximate surface area is 187 Å². The van der Waals surface area contributed by atoms with Gasteiger partial charge in [0.1, 0.15) is 0 Å². The van der Waals surface area contributed by atoms with Gasteiger partial charge in [-0.1, -0.05) is 49.9 Å². The predicted molar refractivity (Wildman–Crippen MR) is 123 cm³/mol. The van der Waals surface area contributed by atoms with Gasteiger partial charge in [0.2, 0.25) is 5.91 Å². The highest BCUT2D eigenvalue weighted by Gasteiger charge is 2.33. The molecule has 1 atom stereocenters. The van der Waals surface area contributed by atoms with Crippen molar-refractivity contribution in [1.82, 2.24) is 10.4 Å². The van der Waals surface area contributed by atoms with E-state index in [-0.39, 0.29) is 5.91 Å². The molecule has 1 fully saturated rings. The first kappa shape index (κ1) is 27.3. The van der Waals surface area contributed by atoms with Crippen molar-refractivity contribution in [3.8, 4) is 0 Å². The van der Waals surface area contributed by atoms with Crippen molar-refractivity contribution in [3.05, 3.63) is 60.7 Å². The summed E-state index contributed by atoms with van der Waals surface area (Å²) in [5.41, 5.74) is 9.09. The summed E-state index contributed by atoms with van der Waals surface area (Å²) >= 11 is 0. The minimum absolute atomic E-state index is 0.153. The fraction of sp³-hybridized carbons (Fsp3) is 0.435. The second kappa shape index (κ2) is 14.3. The minimum atomic E-state index is -4.45. The Morgan fingerprint density at radius 1 is 1.34 bits per heavy atom. The summed E-state index contributed by atoms with van der Waals surface area (Å²) in [6.07, 6.45) is 2.54. The molecule has 2 rings (SSSR count). The van der Waals surface area contributed by atoms with E-state index < -0.39 is 24.5 Å². The zero-order valence-electron chi connectivity index (χ0n) is 18.6. The highest BCUT2D eigenvalue weighted by atomic mass is 19.4. The Morgan fingerprint density at radius 3 is 2.66 bits per heavy atom. The van der Waals surface area contributed by atoms with Gasteiger partial charge in [-0.3, -0.25) is 9.63 Å². The monoisotopic (exact) mass is 454 g/mol. The molecule has 6 nitrogen and oxygen atoms in total. The first-order valence-electron chi connectivity index (χ1n) is 10.5. The van der Waals surface area contributed by atoms with E-state index in [1.807, 2.05) is 24.3 Å². The fourth-order valence-electron chi connectivity index (χ4n) is 2.86. The molecule has 1 amide bonds. The Balaban J connectivity index is 0.000000389. The number of allylic oxidation sites excluding steroid dienone is 4. The first-order chi connectivity index (χ1) is 15.2. The molecule has 0 radical (unpaired) electrons. The number of halogens is 3. The highest BCUT2D eigenvalue weighted by molar-refractivity contribution is 5.73. The molecular weight excluding hydrogens is 421 g/mol. The lowest BCUT2D eigenvalue weighted by atomic mass is 10.2. The quantitative estimate of drug-likeness (QED) is 0.284. The third-order valence-electron chi connectivity index (χ3n) is 4.52. The zero-order chi connectivity index (χ0) is 24.0. The Morgan fingerprint density at radius 2 is 2.06 bits per heavy atom. The summed E-state index contributed by atoms with van der Waals surface area (Å²) < 4.78 is 38.3. The van der Waals surface area contributed by atoms with Crippen LogP contribution in [0.3, 0.4) is 0 Å². The Kier molecular flexibility index (Phi) is 12.2. The molecule has 0 spiro atoms. The number of amides is 1. The molecule has 1 aromatic carbocycles. The van der Waals surface area contributed by atoms with E-state index in [9.17, 15) is 18.0 Å². The van der Waals surface area contributed by atoms with Crippen LogP contribution in [0.15, 0.2) is 60.7 Å². The van der Waals surface area contributed by atoms with Crippen LogP contribution in [0.25, 0.3) is 0 Å². The van der Waals surface area contributed by atoms with E-state index in [2.05, 4.69) is 24.3 Å². The fourth-order valence-corrected chi connectivity index (χ4v) is 2.86. The van der Waals surface area contributed by atoms with Crippen LogP contribution in [0.1, 0.15) is 33.1 Å².